The third kappa shape index (κ3) is 3.64. The summed E-state index contributed by atoms with van der Waals surface area (Å²) in [6.45, 7) is 5.46. The number of aromatic nitrogens is 4. The van der Waals surface area contributed by atoms with Gasteiger partial charge in [-0.3, -0.25) is 4.72 Å². The predicted octanol–water partition coefficient (Wildman–Crippen LogP) is 3.04. The number of hydrogen-bond donors (Lipinski definition) is 1. The van der Waals surface area contributed by atoms with E-state index in [0.717, 1.165) is 11.4 Å². The van der Waals surface area contributed by atoms with Crippen molar-refractivity contribution in [2.75, 3.05) is 4.72 Å². The summed E-state index contributed by atoms with van der Waals surface area (Å²) in [7, 11) is -3.82. The van der Waals surface area contributed by atoms with Crippen LogP contribution in [0.2, 0.25) is 5.02 Å². The van der Waals surface area contributed by atoms with E-state index < -0.39 is 10.0 Å². The second kappa shape index (κ2) is 6.45. The normalized spacial score (nSPS) is 11.5. The highest BCUT2D eigenvalue weighted by Crippen LogP contribution is 2.22. The Balaban J connectivity index is 1.97. The van der Waals surface area contributed by atoms with Crippen molar-refractivity contribution >= 4 is 27.4 Å². The molecule has 3 aromatic rings. The number of aryl methyl sites for hydroxylation is 3. The first-order valence-electron chi connectivity index (χ1n) is 7.41. The predicted molar refractivity (Wildman–Crippen MR) is 95.6 cm³/mol. The van der Waals surface area contributed by atoms with E-state index in [1.807, 2.05) is 19.9 Å². The maximum absolute atomic E-state index is 12.6. The first-order chi connectivity index (χ1) is 11.8. The highest BCUT2D eigenvalue weighted by atomic mass is 35.5. The molecule has 0 aliphatic rings. The molecule has 0 unspecified atom stereocenters. The number of benzene rings is 1. The van der Waals surface area contributed by atoms with Gasteiger partial charge < -0.3 is 0 Å². The lowest BCUT2D eigenvalue weighted by molar-refractivity contribution is 0.600. The molecule has 9 heteroatoms. The molecule has 0 saturated heterocycles. The Bertz CT molecular complexity index is 1050. The van der Waals surface area contributed by atoms with Crippen LogP contribution in [0, 0.1) is 20.8 Å². The molecule has 25 heavy (non-hydrogen) atoms. The third-order valence-electron chi connectivity index (χ3n) is 3.56. The van der Waals surface area contributed by atoms with Gasteiger partial charge in [0.25, 0.3) is 10.0 Å². The van der Waals surface area contributed by atoms with Crippen molar-refractivity contribution in [1.29, 1.82) is 0 Å². The Labute approximate surface area is 150 Å². The number of sulfonamides is 1. The Hall–Kier alpha value is -2.45. The van der Waals surface area contributed by atoms with Crippen LogP contribution in [0.3, 0.4) is 0 Å². The molecular formula is C16H16ClN5O2S. The zero-order valence-corrected chi connectivity index (χ0v) is 15.4. The molecule has 0 spiro atoms. The van der Waals surface area contributed by atoms with Crippen LogP contribution in [-0.4, -0.2) is 28.2 Å². The molecule has 0 bridgehead atoms. The van der Waals surface area contributed by atoms with Crippen LogP contribution in [0.1, 0.15) is 17.0 Å². The SMILES string of the molecule is Cc1cc(C)n(-c2cc(NS(=O)(=O)c3cc(Cl)ccc3C)ncn2)n1. The van der Waals surface area contributed by atoms with Crippen LogP contribution in [0.4, 0.5) is 5.82 Å². The number of halogens is 1. The van der Waals surface area contributed by atoms with E-state index in [1.165, 1.54) is 18.5 Å². The van der Waals surface area contributed by atoms with Crippen LogP contribution >= 0.6 is 11.6 Å². The van der Waals surface area contributed by atoms with Crippen molar-refractivity contribution in [3.8, 4) is 5.82 Å². The smallest absolute Gasteiger partial charge is 0.263 e. The molecule has 1 aromatic carbocycles. The molecular weight excluding hydrogens is 362 g/mol. The maximum atomic E-state index is 12.6. The molecule has 3 rings (SSSR count). The number of nitrogens with zero attached hydrogens (tertiary/aromatic N) is 4. The summed E-state index contributed by atoms with van der Waals surface area (Å²) in [6.07, 6.45) is 1.29. The Kier molecular flexibility index (Phi) is 4.49. The molecule has 2 heterocycles. The fourth-order valence-electron chi connectivity index (χ4n) is 2.44. The second-order valence-electron chi connectivity index (χ2n) is 5.62. The van der Waals surface area contributed by atoms with Gasteiger partial charge in [0.05, 0.1) is 10.6 Å². The van der Waals surface area contributed by atoms with Gasteiger partial charge in [0.15, 0.2) is 5.82 Å². The standard InChI is InChI=1S/C16H16ClN5O2S/c1-10-4-5-13(17)7-14(10)25(23,24)21-15-8-16(19-9-18-15)22-12(3)6-11(2)20-22/h4-9H,1-3H3,(H,18,19,21). The van der Waals surface area contributed by atoms with Crippen LogP contribution in [0.5, 0.6) is 0 Å². The van der Waals surface area contributed by atoms with E-state index in [4.69, 9.17) is 11.6 Å². The molecule has 0 aliphatic heterocycles. The van der Waals surface area contributed by atoms with Gasteiger partial charge in [-0.25, -0.2) is 23.1 Å². The highest BCUT2D eigenvalue weighted by Gasteiger charge is 2.19. The van der Waals surface area contributed by atoms with Crippen LogP contribution in [-0.2, 0) is 10.0 Å². The Morgan fingerprint density at radius 2 is 1.84 bits per heavy atom. The van der Waals surface area contributed by atoms with E-state index in [-0.39, 0.29) is 10.7 Å². The monoisotopic (exact) mass is 377 g/mol. The molecule has 0 fully saturated rings. The van der Waals surface area contributed by atoms with E-state index in [9.17, 15) is 8.42 Å². The van der Waals surface area contributed by atoms with Crippen molar-refractivity contribution in [3.63, 3.8) is 0 Å². The molecule has 0 atom stereocenters. The van der Waals surface area contributed by atoms with Gasteiger partial charge in [0, 0.05) is 16.8 Å². The average Bonchev–Trinajstić information content (AvgIpc) is 2.88. The van der Waals surface area contributed by atoms with Crippen molar-refractivity contribution in [2.24, 2.45) is 0 Å². The average molecular weight is 378 g/mol. The van der Waals surface area contributed by atoms with Gasteiger partial charge in [0.2, 0.25) is 0 Å². The minimum atomic E-state index is -3.82. The van der Waals surface area contributed by atoms with Gasteiger partial charge in [-0.1, -0.05) is 17.7 Å². The van der Waals surface area contributed by atoms with Gasteiger partial charge in [-0.2, -0.15) is 5.10 Å². The lowest BCUT2D eigenvalue weighted by Crippen LogP contribution is -2.16. The fourth-order valence-corrected chi connectivity index (χ4v) is 3.94. The Morgan fingerprint density at radius 1 is 1.08 bits per heavy atom. The van der Waals surface area contributed by atoms with E-state index in [1.54, 1.807) is 23.7 Å². The van der Waals surface area contributed by atoms with Crippen LogP contribution < -0.4 is 4.72 Å². The summed E-state index contributed by atoms with van der Waals surface area (Å²) >= 11 is 5.92. The van der Waals surface area contributed by atoms with Gasteiger partial charge in [-0.15, -0.1) is 0 Å². The first-order valence-corrected chi connectivity index (χ1v) is 9.27. The number of hydrogen-bond acceptors (Lipinski definition) is 5. The third-order valence-corrected chi connectivity index (χ3v) is 5.29. The summed E-state index contributed by atoms with van der Waals surface area (Å²) in [5.41, 5.74) is 2.31. The van der Waals surface area contributed by atoms with Gasteiger partial charge >= 0.3 is 0 Å². The summed E-state index contributed by atoms with van der Waals surface area (Å²) in [4.78, 5) is 8.24. The Morgan fingerprint density at radius 3 is 2.52 bits per heavy atom. The summed E-state index contributed by atoms with van der Waals surface area (Å²) in [5, 5.41) is 4.68. The van der Waals surface area contributed by atoms with Gasteiger partial charge in [0.1, 0.15) is 12.1 Å². The van der Waals surface area contributed by atoms with Crippen LogP contribution in [0.25, 0.3) is 5.82 Å². The van der Waals surface area contributed by atoms with Crippen molar-refractivity contribution in [3.05, 3.63) is 58.6 Å². The maximum Gasteiger partial charge on any atom is 0.263 e. The second-order valence-corrected chi connectivity index (χ2v) is 7.70. The fraction of sp³-hybridized carbons (Fsp3) is 0.188. The van der Waals surface area contributed by atoms with Crippen LogP contribution in [0.15, 0.2) is 41.6 Å². The van der Waals surface area contributed by atoms with E-state index in [0.29, 0.717) is 16.4 Å². The van der Waals surface area contributed by atoms with E-state index in [2.05, 4.69) is 19.8 Å². The largest absolute Gasteiger partial charge is 0.263 e. The minimum Gasteiger partial charge on any atom is -0.263 e. The zero-order valence-electron chi connectivity index (χ0n) is 13.9. The molecule has 0 amide bonds. The van der Waals surface area contributed by atoms with Crippen molar-refractivity contribution in [2.45, 2.75) is 25.7 Å². The lowest BCUT2D eigenvalue weighted by Gasteiger charge is -2.11. The number of nitrogens with one attached hydrogen (secondary N) is 1. The summed E-state index contributed by atoms with van der Waals surface area (Å²) < 4.78 is 29.4. The minimum absolute atomic E-state index is 0.103. The molecule has 2 aromatic heterocycles. The van der Waals surface area contributed by atoms with Gasteiger partial charge in [-0.05, 0) is 44.5 Å². The number of anilines is 1. The quantitative estimate of drug-likeness (QED) is 0.754. The van der Waals surface area contributed by atoms with E-state index >= 15 is 0 Å². The summed E-state index contributed by atoms with van der Waals surface area (Å²) in [5.74, 6) is 0.623. The summed E-state index contributed by atoms with van der Waals surface area (Å²) in [6, 6.07) is 8.13. The van der Waals surface area contributed by atoms with Crippen molar-refractivity contribution < 1.29 is 8.42 Å². The molecule has 0 saturated carbocycles. The topological polar surface area (TPSA) is 89.8 Å². The lowest BCUT2D eigenvalue weighted by atomic mass is 10.2. The zero-order chi connectivity index (χ0) is 18.2. The molecule has 7 nitrogen and oxygen atoms in total. The highest BCUT2D eigenvalue weighted by molar-refractivity contribution is 7.92. The molecule has 1 N–H and O–H groups in total. The van der Waals surface area contributed by atoms with Crippen molar-refractivity contribution in [1.82, 2.24) is 19.7 Å². The first kappa shape index (κ1) is 17.4. The molecule has 130 valence electrons. The number of rotatable bonds is 4. The molecule has 0 aliphatic carbocycles. The molecule has 0 radical (unpaired) electrons.